The average molecular weight is 455 g/mol. The lowest BCUT2D eigenvalue weighted by Crippen LogP contribution is -2.25. The molecule has 3 rings (SSSR count). The number of ether oxygens (including phenoxy) is 2. The largest absolute Gasteiger partial charge is 0.465 e. The number of aromatic amines is 1. The van der Waals surface area contributed by atoms with Gasteiger partial charge in [-0.15, -0.1) is 0 Å². The number of nitrogens with one attached hydrogen (secondary N) is 1. The lowest BCUT2D eigenvalue weighted by atomic mass is 10.0. The average Bonchev–Trinajstić information content (AvgIpc) is 3.32. The van der Waals surface area contributed by atoms with Crippen LogP contribution in [0.1, 0.15) is 94.7 Å². The van der Waals surface area contributed by atoms with Crippen LogP contribution in [0.15, 0.2) is 12.3 Å². The van der Waals surface area contributed by atoms with Gasteiger partial charge in [0.25, 0.3) is 0 Å². The molecule has 1 N–H and O–H groups in total. The van der Waals surface area contributed by atoms with Crippen LogP contribution in [0, 0.1) is 13.8 Å². The zero-order valence-electron chi connectivity index (χ0n) is 20.3. The first-order valence-corrected chi connectivity index (χ1v) is 10.9. The molecule has 0 aliphatic carbocycles. The van der Waals surface area contributed by atoms with Gasteiger partial charge in [-0.1, -0.05) is 13.8 Å². The van der Waals surface area contributed by atoms with E-state index in [1.807, 2.05) is 27.7 Å². The van der Waals surface area contributed by atoms with Gasteiger partial charge < -0.3 is 14.5 Å². The van der Waals surface area contributed by atoms with Crippen molar-refractivity contribution in [3.05, 3.63) is 46.0 Å². The first-order valence-electron chi connectivity index (χ1n) is 10.9. The summed E-state index contributed by atoms with van der Waals surface area (Å²) in [7, 11) is 1.28. The van der Waals surface area contributed by atoms with Gasteiger partial charge in [0.2, 0.25) is 5.78 Å². The number of pyridine rings is 1. The van der Waals surface area contributed by atoms with E-state index in [1.165, 1.54) is 14.0 Å². The first-order chi connectivity index (χ1) is 15.5. The van der Waals surface area contributed by atoms with E-state index in [4.69, 9.17) is 9.47 Å². The molecule has 1 unspecified atom stereocenters. The number of carbonyl (C=O) groups excluding carboxylic acids is 3. The number of aromatic nitrogens is 4. The minimum atomic E-state index is -1.08. The summed E-state index contributed by atoms with van der Waals surface area (Å²) in [5.74, 6) is -1.53. The van der Waals surface area contributed by atoms with Crippen molar-refractivity contribution in [2.75, 3.05) is 7.11 Å². The second-order valence-corrected chi connectivity index (χ2v) is 8.70. The molecule has 0 spiro atoms. The smallest absolute Gasteiger partial charge is 0.339 e. The lowest BCUT2D eigenvalue weighted by Gasteiger charge is -2.15. The van der Waals surface area contributed by atoms with Gasteiger partial charge in [-0.25, -0.2) is 19.3 Å². The van der Waals surface area contributed by atoms with Crippen LogP contribution in [-0.2, 0) is 9.47 Å². The molecule has 3 aromatic heterocycles. The van der Waals surface area contributed by atoms with Gasteiger partial charge in [0.05, 0.1) is 35.5 Å². The Balaban J connectivity index is 1.94. The molecule has 9 heteroatoms. The SMILES string of the molecule is COC(=O)c1c(C)[nH]c(C(=O)C(C)OC(=O)c2cc(C(C)C)nc3c2cnn3C(C)C)c1C. The fourth-order valence-corrected chi connectivity index (χ4v) is 3.77. The van der Waals surface area contributed by atoms with Gasteiger partial charge in [0, 0.05) is 17.4 Å². The highest BCUT2D eigenvalue weighted by atomic mass is 16.5. The van der Waals surface area contributed by atoms with E-state index >= 15 is 0 Å². The van der Waals surface area contributed by atoms with Crippen LogP contribution in [-0.4, -0.2) is 50.7 Å². The Morgan fingerprint density at radius 2 is 1.73 bits per heavy atom. The molecule has 0 aromatic carbocycles. The van der Waals surface area contributed by atoms with Crippen molar-refractivity contribution in [1.82, 2.24) is 19.7 Å². The van der Waals surface area contributed by atoms with Gasteiger partial charge in [0.1, 0.15) is 0 Å². The van der Waals surface area contributed by atoms with E-state index in [2.05, 4.69) is 15.1 Å². The third-order valence-electron chi connectivity index (χ3n) is 5.61. The molecule has 0 saturated heterocycles. The fraction of sp³-hybridized carbons (Fsp3) is 0.458. The molecule has 3 heterocycles. The van der Waals surface area contributed by atoms with E-state index in [1.54, 1.807) is 30.8 Å². The number of rotatable bonds is 7. The van der Waals surface area contributed by atoms with Gasteiger partial charge in [-0.2, -0.15) is 5.10 Å². The van der Waals surface area contributed by atoms with Crippen LogP contribution >= 0.6 is 0 Å². The van der Waals surface area contributed by atoms with Crippen molar-refractivity contribution in [2.45, 2.75) is 66.5 Å². The minimum Gasteiger partial charge on any atom is -0.465 e. The summed E-state index contributed by atoms with van der Waals surface area (Å²) < 4.78 is 12.1. The maximum Gasteiger partial charge on any atom is 0.339 e. The maximum atomic E-state index is 13.1. The van der Waals surface area contributed by atoms with Gasteiger partial charge in [-0.3, -0.25) is 4.79 Å². The van der Waals surface area contributed by atoms with E-state index in [0.717, 1.165) is 5.69 Å². The topological polar surface area (TPSA) is 116 Å². The third kappa shape index (κ3) is 4.40. The maximum absolute atomic E-state index is 13.1. The van der Waals surface area contributed by atoms with Crippen LogP contribution in [0.2, 0.25) is 0 Å². The molecule has 1 atom stereocenters. The van der Waals surface area contributed by atoms with Crippen LogP contribution in [0.5, 0.6) is 0 Å². The Hall–Kier alpha value is -3.49. The van der Waals surface area contributed by atoms with Crippen LogP contribution in [0.4, 0.5) is 0 Å². The number of esters is 2. The summed E-state index contributed by atoms with van der Waals surface area (Å²) in [6.07, 6.45) is 0.516. The van der Waals surface area contributed by atoms with Crippen LogP contribution in [0.3, 0.4) is 0 Å². The van der Waals surface area contributed by atoms with Crippen molar-refractivity contribution in [1.29, 1.82) is 0 Å². The summed E-state index contributed by atoms with van der Waals surface area (Å²) in [4.78, 5) is 45.8. The molecular formula is C24H30N4O5. The number of methoxy groups -OCH3 is 1. The molecule has 0 radical (unpaired) electrons. The Bertz CT molecular complexity index is 1240. The predicted molar refractivity (Wildman–Crippen MR) is 123 cm³/mol. The molecule has 0 fully saturated rings. The van der Waals surface area contributed by atoms with Crippen molar-refractivity contribution < 1.29 is 23.9 Å². The highest BCUT2D eigenvalue weighted by Gasteiger charge is 2.29. The Morgan fingerprint density at radius 1 is 1.06 bits per heavy atom. The Labute approximate surface area is 192 Å². The number of fused-ring (bicyclic) bond motifs is 1. The number of nitrogens with zero attached hydrogens (tertiary/aromatic N) is 3. The summed E-state index contributed by atoms with van der Waals surface area (Å²) in [6.45, 7) is 12.8. The van der Waals surface area contributed by atoms with E-state index in [-0.39, 0.29) is 17.7 Å². The third-order valence-corrected chi connectivity index (χ3v) is 5.61. The Morgan fingerprint density at radius 3 is 2.30 bits per heavy atom. The highest BCUT2D eigenvalue weighted by Crippen LogP contribution is 2.26. The van der Waals surface area contributed by atoms with Crippen molar-refractivity contribution in [3.63, 3.8) is 0 Å². The number of carbonyl (C=O) groups is 3. The van der Waals surface area contributed by atoms with E-state index in [9.17, 15) is 14.4 Å². The summed E-state index contributed by atoms with van der Waals surface area (Å²) in [6, 6.07) is 1.75. The molecule has 9 nitrogen and oxygen atoms in total. The zero-order chi connectivity index (χ0) is 24.6. The van der Waals surface area contributed by atoms with E-state index < -0.39 is 23.8 Å². The molecule has 0 amide bonds. The second kappa shape index (κ2) is 9.17. The summed E-state index contributed by atoms with van der Waals surface area (Å²) >= 11 is 0. The quantitative estimate of drug-likeness (QED) is 0.418. The molecule has 176 valence electrons. The molecule has 0 aliphatic rings. The molecule has 0 bridgehead atoms. The van der Waals surface area contributed by atoms with Gasteiger partial charge in [0.15, 0.2) is 11.8 Å². The van der Waals surface area contributed by atoms with Gasteiger partial charge in [-0.05, 0) is 52.2 Å². The van der Waals surface area contributed by atoms with Crippen molar-refractivity contribution in [2.24, 2.45) is 0 Å². The molecule has 33 heavy (non-hydrogen) atoms. The normalized spacial score (nSPS) is 12.4. The standard InChI is InChI=1S/C24H30N4O5/c1-11(2)18-9-16(17-10-25-28(12(3)4)22(17)27-18)23(30)33-15(7)21(29)20-13(5)19(14(6)26-20)24(31)32-8/h9-12,15,26H,1-8H3. The van der Waals surface area contributed by atoms with Crippen LogP contribution < -0.4 is 0 Å². The van der Waals surface area contributed by atoms with Crippen LogP contribution in [0.25, 0.3) is 11.0 Å². The second-order valence-electron chi connectivity index (χ2n) is 8.70. The number of ketones is 1. The molecule has 3 aromatic rings. The van der Waals surface area contributed by atoms with E-state index in [0.29, 0.717) is 33.4 Å². The number of hydrogen-bond acceptors (Lipinski definition) is 7. The number of hydrogen-bond donors (Lipinski definition) is 1. The van der Waals surface area contributed by atoms with Crippen molar-refractivity contribution >= 4 is 28.8 Å². The van der Waals surface area contributed by atoms with Crippen molar-refractivity contribution in [3.8, 4) is 0 Å². The predicted octanol–water partition coefficient (Wildman–Crippen LogP) is 4.30. The first kappa shape index (κ1) is 24.2. The fourth-order valence-electron chi connectivity index (χ4n) is 3.77. The monoisotopic (exact) mass is 454 g/mol. The number of aryl methyl sites for hydroxylation is 1. The molecular weight excluding hydrogens is 424 g/mol. The minimum absolute atomic E-state index is 0.0601. The van der Waals surface area contributed by atoms with Gasteiger partial charge >= 0.3 is 11.9 Å². The molecule has 0 saturated carbocycles. The highest BCUT2D eigenvalue weighted by molar-refractivity contribution is 6.06. The zero-order valence-corrected chi connectivity index (χ0v) is 20.3. The number of H-pyrrole nitrogens is 1. The summed E-state index contributed by atoms with van der Waals surface area (Å²) in [5.41, 5.74) is 3.13. The molecule has 0 aliphatic heterocycles. The lowest BCUT2D eigenvalue weighted by molar-refractivity contribution is 0.0318. The number of Topliss-reactive ketones (excluding diaryl/α,β-unsaturated/α-hetero) is 1. The Kier molecular flexibility index (Phi) is 6.71. The summed E-state index contributed by atoms with van der Waals surface area (Å²) in [5, 5.41) is 4.95.